The van der Waals surface area contributed by atoms with Crippen LogP contribution in [-0.4, -0.2) is 44.2 Å². The Hall–Kier alpha value is -2.24. The molecule has 3 rings (SSSR count). The first kappa shape index (κ1) is 17.6. The number of hydrogen-bond acceptors (Lipinski definition) is 4. The van der Waals surface area contributed by atoms with Gasteiger partial charge in [0.15, 0.2) is 18.1 Å². The Morgan fingerprint density at radius 3 is 2.64 bits per heavy atom. The average molecular weight is 362 g/mol. The lowest BCUT2D eigenvalue weighted by Crippen LogP contribution is -2.44. The average Bonchev–Trinajstić information content (AvgIpc) is 2.67. The van der Waals surface area contributed by atoms with Gasteiger partial charge in [0.2, 0.25) is 0 Å². The number of para-hydroxylation sites is 2. The number of morpholine rings is 1. The van der Waals surface area contributed by atoms with Gasteiger partial charge in [-0.2, -0.15) is 0 Å². The van der Waals surface area contributed by atoms with Gasteiger partial charge in [-0.25, -0.2) is 0 Å². The molecule has 1 unspecified atom stereocenters. The number of amides is 1. The van der Waals surface area contributed by atoms with Crippen LogP contribution in [0.3, 0.4) is 0 Å². The van der Waals surface area contributed by atoms with Crippen molar-refractivity contribution < 1.29 is 19.0 Å². The maximum absolute atomic E-state index is 12.5. The summed E-state index contributed by atoms with van der Waals surface area (Å²) in [4.78, 5) is 14.2. The molecule has 1 aliphatic rings. The van der Waals surface area contributed by atoms with Crippen LogP contribution in [0, 0.1) is 0 Å². The number of nitrogens with zero attached hydrogens (tertiary/aromatic N) is 1. The minimum atomic E-state index is -0.152. The second-order valence-electron chi connectivity index (χ2n) is 5.69. The molecule has 1 atom stereocenters. The van der Waals surface area contributed by atoms with Gasteiger partial charge < -0.3 is 19.1 Å². The lowest BCUT2D eigenvalue weighted by molar-refractivity contribution is -0.141. The van der Waals surface area contributed by atoms with Crippen LogP contribution in [-0.2, 0) is 9.53 Å². The standard InChI is InChI=1S/C19H20ClNO4/c1-23-16-4-2-3-5-17(16)25-13-19(22)21-10-11-24-18(12-21)14-6-8-15(20)9-7-14/h2-9,18H,10-13H2,1H3. The molecule has 0 spiro atoms. The van der Waals surface area contributed by atoms with Crippen LogP contribution in [0.5, 0.6) is 11.5 Å². The Bertz CT molecular complexity index is 720. The van der Waals surface area contributed by atoms with Crippen molar-refractivity contribution in [3.8, 4) is 11.5 Å². The highest BCUT2D eigenvalue weighted by atomic mass is 35.5. The maximum atomic E-state index is 12.5. The third-order valence-corrected chi connectivity index (χ3v) is 4.33. The molecule has 0 aliphatic carbocycles. The number of rotatable bonds is 5. The number of carbonyl (C=O) groups excluding carboxylic acids is 1. The van der Waals surface area contributed by atoms with E-state index < -0.39 is 0 Å². The SMILES string of the molecule is COc1ccccc1OCC(=O)N1CCOC(c2ccc(Cl)cc2)C1. The summed E-state index contributed by atoms with van der Waals surface area (Å²) in [6.07, 6.45) is -0.152. The molecule has 1 amide bonds. The lowest BCUT2D eigenvalue weighted by atomic mass is 10.1. The fourth-order valence-corrected chi connectivity index (χ4v) is 2.85. The molecular formula is C19H20ClNO4. The van der Waals surface area contributed by atoms with Gasteiger partial charge in [0.05, 0.1) is 20.3 Å². The van der Waals surface area contributed by atoms with Crippen LogP contribution in [0.1, 0.15) is 11.7 Å². The molecule has 0 radical (unpaired) electrons. The first-order valence-corrected chi connectivity index (χ1v) is 8.46. The Morgan fingerprint density at radius 2 is 1.92 bits per heavy atom. The molecule has 2 aromatic rings. The zero-order valence-corrected chi connectivity index (χ0v) is 14.7. The Morgan fingerprint density at radius 1 is 1.20 bits per heavy atom. The number of ether oxygens (including phenoxy) is 3. The van der Waals surface area contributed by atoms with Gasteiger partial charge >= 0.3 is 0 Å². The van der Waals surface area contributed by atoms with Crippen LogP contribution in [0.25, 0.3) is 0 Å². The van der Waals surface area contributed by atoms with Crippen molar-refractivity contribution in [1.29, 1.82) is 0 Å². The predicted molar refractivity (Wildman–Crippen MR) is 95.2 cm³/mol. The van der Waals surface area contributed by atoms with Gasteiger partial charge in [0, 0.05) is 11.6 Å². The highest BCUT2D eigenvalue weighted by Gasteiger charge is 2.25. The largest absolute Gasteiger partial charge is 0.493 e. The van der Waals surface area contributed by atoms with E-state index in [-0.39, 0.29) is 18.6 Å². The molecule has 6 heteroatoms. The maximum Gasteiger partial charge on any atom is 0.260 e. The quantitative estimate of drug-likeness (QED) is 0.819. The number of halogens is 1. The van der Waals surface area contributed by atoms with E-state index in [9.17, 15) is 4.79 Å². The smallest absolute Gasteiger partial charge is 0.260 e. The molecule has 0 bridgehead atoms. The molecule has 1 heterocycles. The first-order valence-electron chi connectivity index (χ1n) is 8.08. The second kappa shape index (κ2) is 8.23. The first-order chi connectivity index (χ1) is 12.2. The summed E-state index contributed by atoms with van der Waals surface area (Å²) in [5.41, 5.74) is 1.01. The van der Waals surface area contributed by atoms with E-state index in [1.165, 1.54) is 0 Å². The van der Waals surface area contributed by atoms with Gasteiger partial charge in [0.1, 0.15) is 6.10 Å². The van der Waals surface area contributed by atoms with Crippen LogP contribution in [0.2, 0.25) is 5.02 Å². The van der Waals surface area contributed by atoms with Crippen LogP contribution in [0.4, 0.5) is 0 Å². The van der Waals surface area contributed by atoms with E-state index >= 15 is 0 Å². The molecule has 1 fully saturated rings. The second-order valence-corrected chi connectivity index (χ2v) is 6.13. The van der Waals surface area contributed by atoms with Crippen LogP contribution >= 0.6 is 11.6 Å². The molecular weight excluding hydrogens is 342 g/mol. The Balaban J connectivity index is 1.59. The summed E-state index contributed by atoms with van der Waals surface area (Å²) in [7, 11) is 1.57. The summed E-state index contributed by atoms with van der Waals surface area (Å²) in [5.74, 6) is 1.09. The molecule has 0 saturated carbocycles. The molecule has 2 aromatic carbocycles. The van der Waals surface area contributed by atoms with Gasteiger partial charge in [-0.05, 0) is 29.8 Å². The van der Waals surface area contributed by atoms with Crippen LogP contribution < -0.4 is 9.47 Å². The Kier molecular flexibility index (Phi) is 5.79. The van der Waals surface area contributed by atoms with Crippen molar-refractivity contribution in [1.82, 2.24) is 4.90 Å². The monoisotopic (exact) mass is 361 g/mol. The highest BCUT2D eigenvalue weighted by molar-refractivity contribution is 6.30. The van der Waals surface area contributed by atoms with E-state index in [2.05, 4.69) is 0 Å². The Labute approximate surface area is 152 Å². The summed E-state index contributed by atoms with van der Waals surface area (Å²) >= 11 is 5.92. The van der Waals surface area contributed by atoms with Crippen molar-refractivity contribution in [2.75, 3.05) is 33.4 Å². The van der Waals surface area contributed by atoms with E-state index in [1.54, 1.807) is 24.1 Å². The normalized spacial score (nSPS) is 17.2. The summed E-state index contributed by atoms with van der Waals surface area (Å²) < 4.78 is 16.6. The van der Waals surface area contributed by atoms with Gasteiger partial charge in [-0.1, -0.05) is 35.9 Å². The zero-order chi connectivity index (χ0) is 17.6. The van der Waals surface area contributed by atoms with E-state index in [4.69, 9.17) is 25.8 Å². The highest BCUT2D eigenvalue weighted by Crippen LogP contribution is 2.26. The minimum absolute atomic E-state index is 0.0340. The molecule has 0 N–H and O–H groups in total. The van der Waals surface area contributed by atoms with Crippen molar-refractivity contribution >= 4 is 17.5 Å². The lowest BCUT2D eigenvalue weighted by Gasteiger charge is -2.33. The summed E-state index contributed by atoms with van der Waals surface area (Å²) in [5, 5.41) is 0.678. The molecule has 1 saturated heterocycles. The summed E-state index contributed by atoms with van der Waals surface area (Å²) in [6, 6.07) is 14.8. The van der Waals surface area contributed by atoms with E-state index in [0.29, 0.717) is 36.2 Å². The topological polar surface area (TPSA) is 48.0 Å². The summed E-state index contributed by atoms with van der Waals surface area (Å²) in [6.45, 7) is 1.51. The third-order valence-electron chi connectivity index (χ3n) is 4.08. The van der Waals surface area contributed by atoms with Gasteiger partial charge in [-0.3, -0.25) is 4.79 Å². The van der Waals surface area contributed by atoms with Crippen molar-refractivity contribution in [3.63, 3.8) is 0 Å². The van der Waals surface area contributed by atoms with Crippen molar-refractivity contribution in [3.05, 3.63) is 59.1 Å². The zero-order valence-electron chi connectivity index (χ0n) is 14.0. The molecule has 25 heavy (non-hydrogen) atoms. The molecule has 5 nitrogen and oxygen atoms in total. The molecule has 1 aliphatic heterocycles. The number of hydrogen-bond donors (Lipinski definition) is 0. The fourth-order valence-electron chi connectivity index (χ4n) is 2.72. The molecule has 0 aromatic heterocycles. The van der Waals surface area contributed by atoms with Crippen molar-refractivity contribution in [2.45, 2.75) is 6.10 Å². The predicted octanol–water partition coefficient (Wildman–Crippen LogP) is 3.33. The van der Waals surface area contributed by atoms with Crippen LogP contribution in [0.15, 0.2) is 48.5 Å². The fraction of sp³-hybridized carbons (Fsp3) is 0.316. The van der Waals surface area contributed by atoms with Gasteiger partial charge in [0.25, 0.3) is 5.91 Å². The van der Waals surface area contributed by atoms with E-state index in [1.807, 2.05) is 36.4 Å². The minimum Gasteiger partial charge on any atom is -0.493 e. The number of benzene rings is 2. The number of methoxy groups -OCH3 is 1. The number of carbonyl (C=O) groups is 1. The van der Waals surface area contributed by atoms with E-state index in [0.717, 1.165) is 5.56 Å². The van der Waals surface area contributed by atoms with Crippen molar-refractivity contribution in [2.24, 2.45) is 0 Å². The third kappa shape index (κ3) is 4.44. The molecule has 132 valence electrons. The van der Waals surface area contributed by atoms with Gasteiger partial charge in [-0.15, -0.1) is 0 Å².